The van der Waals surface area contributed by atoms with E-state index in [-0.39, 0.29) is 5.91 Å². The van der Waals surface area contributed by atoms with Crippen molar-refractivity contribution in [2.75, 3.05) is 19.7 Å². The van der Waals surface area contributed by atoms with Crippen LogP contribution in [0.4, 0.5) is 0 Å². The van der Waals surface area contributed by atoms with Crippen molar-refractivity contribution in [2.45, 2.75) is 19.9 Å². The van der Waals surface area contributed by atoms with E-state index in [2.05, 4.69) is 17.2 Å². The average Bonchev–Trinajstić information content (AvgIpc) is 2.42. The standard InChI is InChI=1S/C15H22N2O2/c1-3-11-19-14-8-6-5-7-13(14)12-16-10-9-15(18)17-4-2/h3,5-8,16H,1,4,9-12H2,2H3,(H,17,18). The molecule has 0 aromatic heterocycles. The van der Waals surface area contributed by atoms with Crippen LogP contribution >= 0.6 is 0 Å². The summed E-state index contributed by atoms with van der Waals surface area (Å²) >= 11 is 0. The molecule has 0 aliphatic heterocycles. The molecule has 4 heteroatoms. The third kappa shape index (κ3) is 6.06. The molecule has 0 bridgehead atoms. The zero-order chi connectivity index (χ0) is 13.9. The predicted octanol–water partition coefficient (Wildman–Crippen LogP) is 1.87. The normalized spacial score (nSPS) is 9.95. The molecule has 0 fully saturated rings. The zero-order valence-electron chi connectivity index (χ0n) is 11.4. The number of benzene rings is 1. The van der Waals surface area contributed by atoms with Crippen molar-refractivity contribution >= 4 is 5.91 Å². The first kappa shape index (κ1) is 15.2. The smallest absolute Gasteiger partial charge is 0.221 e. The fraction of sp³-hybridized carbons (Fsp3) is 0.400. The van der Waals surface area contributed by atoms with E-state index in [1.807, 2.05) is 31.2 Å². The fourth-order valence-electron chi connectivity index (χ4n) is 1.65. The number of carbonyl (C=O) groups excluding carboxylic acids is 1. The number of amides is 1. The first-order valence-corrected chi connectivity index (χ1v) is 6.57. The summed E-state index contributed by atoms with van der Waals surface area (Å²) < 4.78 is 5.57. The van der Waals surface area contributed by atoms with E-state index >= 15 is 0 Å². The van der Waals surface area contributed by atoms with Gasteiger partial charge in [-0.05, 0) is 13.0 Å². The lowest BCUT2D eigenvalue weighted by Gasteiger charge is -2.10. The van der Waals surface area contributed by atoms with Crippen LogP contribution in [0.2, 0.25) is 0 Å². The van der Waals surface area contributed by atoms with Crippen LogP contribution < -0.4 is 15.4 Å². The summed E-state index contributed by atoms with van der Waals surface area (Å²) in [5, 5.41) is 6.01. The Balaban J connectivity index is 2.36. The first-order chi connectivity index (χ1) is 9.27. The van der Waals surface area contributed by atoms with Crippen molar-refractivity contribution in [2.24, 2.45) is 0 Å². The minimum atomic E-state index is 0.0752. The van der Waals surface area contributed by atoms with Gasteiger partial charge in [0.2, 0.25) is 5.91 Å². The Morgan fingerprint density at radius 2 is 2.21 bits per heavy atom. The molecule has 1 rings (SSSR count). The van der Waals surface area contributed by atoms with Gasteiger partial charge in [-0.25, -0.2) is 0 Å². The molecule has 0 aliphatic rings. The summed E-state index contributed by atoms with van der Waals surface area (Å²) in [5.74, 6) is 0.930. The second kappa shape index (κ2) is 9.16. The monoisotopic (exact) mass is 262 g/mol. The topological polar surface area (TPSA) is 50.4 Å². The van der Waals surface area contributed by atoms with Crippen molar-refractivity contribution in [1.82, 2.24) is 10.6 Å². The van der Waals surface area contributed by atoms with E-state index in [1.54, 1.807) is 6.08 Å². The van der Waals surface area contributed by atoms with Gasteiger partial charge in [-0.2, -0.15) is 0 Å². The van der Waals surface area contributed by atoms with Crippen LogP contribution in [0.5, 0.6) is 5.75 Å². The molecule has 2 N–H and O–H groups in total. The molecule has 0 unspecified atom stereocenters. The molecule has 0 saturated carbocycles. The van der Waals surface area contributed by atoms with E-state index in [1.165, 1.54) is 0 Å². The maximum Gasteiger partial charge on any atom is 0.221 e. The molecule has 1 aromatic rings. The molecular weight excluding hydrogens is 240 g/mol. The lowest BCUT2D eigenvalue weighted by Crippen LogP contribution is -2.27. The van der Waals surface area contributed by atoms with Crippen molar-refractivity contribution in [3.05, 3.63) is 42.5 Å². The summed E-state index contributed by atoms with van der Waals surface area (Å²) in [6.07, 6.45) is 2.21. The van der Waals surface area contributed by atoms with E-state index in [0.717, 1.165) is 11.3 Å². The Morgan fingerprint density at radius 3 is 2.95 bits per heavy atom. The average molecular weight is 262 g/mol. The Kier molecular flexibility index (Phi) is 7.35. The highest BCUT2D eigenvalue weighted by molar-refractivity contribution is 5.75. The predicted molar refractivity (Wildman–Crippen MR) is 77.1 cm³/mol. The van der Waals surface area contributed by atoms with Crippen LogP contribution in [0.1, 0.15) is 18.9 Å². The SMILES string of the molecule is C=CCOc1ccccc1CNCCC(=O)NCC. The van der Waals surface area contributed by atoms with Gasteiger partial charge in [0.25, 0.3) is 0 Å². The molecule has 0 heterocycles. The Hall–Kier alpha value is -1.81. The molecule has 0 spiro atoms. The molecule has 1 amide bonds. The van der Waals surface area contributed by atoms with Crippen LogP contribution in [-0.2, 0) is 11.3 Å². The molecule has 104 valence electrons. The van der Waals surface area contributed by atoms with Gasteiger partial charge in [0.1, 0.15) is 12.4 Å². The van der Waals surface area contributed by atoms with E-state index in [9.17, 15) is 4.79 Å². The van der Waals surface area contributed by atoms with E-state index in [0.29, 0.717) is 32.7 Å². The van der Waals surface area contributed by atoms with Gasteiger partial charge in [-0.15, -0.1) is 0 Å². The largest absolute Gasteiger partial charge is 0.489 e. The lowest BCUT2D eigenvalue weighted by atomic mass is 10.2. The van der Waals surface area contributed by atoms with Gasteiger partial charge in [-0.1, -0.05) is 30.9 Å². The minimum Gasteiger partial charge on any atom is -0.489 e. The maximum absolute atomic E-state index is 11.3. The number of ether oxygens (including phenoxy) is 1. The number of hydrogen-bond donors (Lipinski definition) is 2. The highest BCUT2D eigenvalue weighted by Crippen LogP contribution is 2.17. The van der Waals surface area contributed by atoms with Crippen molar-refractivity contribution in [1.29, 1.82) is 0 Å². The third-order valence-electron chi connectivity index (χ3n) is 2.55. The van der Waals surface area contributed by atoms with Gasteiger partial charge >= 0.3 is 0 Å². The number of nitrogens with one attached hydrogen (secondary N) is 2. The molecule has 0 aliphatic carbocycles. The van der Waals surface area contributed by atoms with Crippen LogP contribution in [-0.4, -0.2) is 25.6 Å². The van der Waals surface area contributed by atoms with Crippen molar-refractivity contribution < 1.29 is 9.53 Å². The maximum atomic E-state index is 11.3. The van der Waals surface area contributed by atoms with Gasteiger partial charge in [0.05, 0.1) is 0 Å². The molecule has 0 radical (unpaired) electrons. The van der Waals surface area contributed by atoms with Gasteiger partial charge in [0, 0.05) is 31.6 Å². The lowest BCUT2D eigenvalue weighted by molar-refractivity contribution is -0.120. The second-order valence-electron chi connectivity index (χ2n) is 4.09. The summed E-state index contributed by atoms with van der Waals surface area (Å²) in [7, 11) is 0. The number of hydrogen-bond acceptors (Lipinski definition) is 3. The molecule has 1 aromatic carbocycles. The first-order valence-electron chi connectivity index (χ1n) is 6.57. The highest BCUT2D eigenvalue weighted by Gasteiger charge is 2.03. The Bertz CT molecular complexity index is 405. The van der Waals surface area contributed by atoms with Crippen LogP contribution in [0, 0.1) is 0 Å². The molecule has 0 saturated heterocycles. The van der Waals surface area contributed by atoms with E-state index in [4.69, 9.17) is 4.74 Å². The third-order valence-corrected chi connectivity index (χ3v) is 2.55. The zero-order valence-corrected chi connectivity index (χ0v) is 11.4. The molecule has 19 heavy (non-hydrogen) atoms. The van der Waals surface area contributed by atoms with Gasteiger partial charge in [0.15, 0.2) is 0 Å². The molecular formula is C15H22N2O2. The molecule has 0 atom stereocenters. The van der Waals surface area contributed by atoms with Crippen LogP contribution in [0.3, 0.4) is 0 Å². The number of carbonyl (C=O) groups is 1. The van der Waals surface area contributed by atoms with Crippen molar-refractivity contribution in [3.63, 3.8) is 0 Å². The van der Waals surface area contributed by atoms with E-state index < -0.39 is 0 Å². The Labute approximate surface area is 114 Å². The fourth-order valence-corrected chi connectivity index (χ4v) is 1.65. The van der Waals surface area contributed by atoms with Crippen molar-refractivity contribution in [3.8, 4) is 5.75 Å². The number of rotatable bonds is 9. The summed E-state index contributed by atoms with van der Waals surface area (Å²) in [6.45, 7) is 8.06. The minimum absolute atomic E-state index is 0.0752. The second-order valence-corrected chi connectivity index (χ2v) is 4.09. The highest BCUT2D eigenvalue weighted by atomic mass is 16.5. The number of para-hydroxylation sites is 1. The van der Waals surface area contributed by atoms with Gasteiger partial charge in [-0.3, -0.25) is 4.79 Å². The van der Waals surface area contributed by atoms with Crippen LogP contribution in [0.25, 0.3) is 0 Å². The van der Waals surface area contributed by atoms with Crippen LogP contribution in [0.15, 0.2) is 36.9 Å². The summed E-state index contributed by atoms with van der Waals surface area (Å²) in [5.41, 5.74) is 1.08. The quantitative estimate of drug-likeness (QED) is 0.527. The summed E-state index contributed by atoms with van der Waals surface area (Å²) in [4.78, 5) is 11.3. The summed E-state index contributed by atoms with van der Waals surface area (Å²) in [6, 6.07) is 7.86. The Morgan fingerprint density at radius 1 is 1.42 bits per heavy atom. The molecule has 4 nitrogen and oxygen atoms in total. The van der Waals surface area contributed by atoms with Gasteiger partial charge < -0.3 is 15.4 Å².